The summed E-state index contributed by atoms with van der Waals surface area (Å²) in [5, 5.41) is 17.0. The molecule has 14 heteroatoms. The Kier molecular flexibility index (Phi) is 7.49. The van der Waals surface area contributed by atoms with E-state index in [0.717, 1.165) is 22.4 Å². The van der Waals surface area contributed by atoms with Gasteiger partial charge in [-0.2, -0.15) is 5.10 Å². The third-order valence-electron chi connectivity index (χ3n) is 9.19. The quantitative estimate of drug-likeness (QED) is 0.181. The number of anilines is 1. The summed E-state index contributed by atoms with van der Waals surface area (Å²) in [6, 6.07) is 8.40. The molecule has 0 unspecified atom stereocenters. The molecular formula is C33H33BrN10O3. The minimum Gasteiger partial charge on any atom is -0.325 e. The molecule has 0 radical (unpaired) electrons. The maximum atomic E-state index is 14.3. The highest BCUT2D eigenvalue weighted by Gasteiger charge is 2.69. The van der Waals surface area contributed by atoms with Gasteiger partial charge in [0.05, 0.1) is 11.2 Å². The average molecular weight is 698 g/mol. The molecule has 5 heterocycles. The molecule has 5 aromatic rings. The summed E-state index contributed by atoms with van der Waals surface area (Å²) in [5.74, 6) is 0.265. The van der Waals surface area contributed by atoms with Gasteiger partial charge in [-0.05, 0) is 85.8 Å². The number of Topliss-reactive ketones (excluding diaryl/α,β-unsaturated/α-hetero) is 1. The number of ketones is 1. The average Bonchev–Trinajstić information content (AvgIpc) is 3.36. The number of halogens is 1. The Labute approximate surface area is 278 Å². The maximum absolute atomic E-state index is 14.3. The van der Waals surface area contributed by atoms with Crippen LogP contribution in [0.1, 0.15) is 67.2 Å². The van der Waals surface area contributed by atoms with E-state index in [1.807, 2.05) is 58.2 Å². The number of amides is 2. The van der Waals surface area contributed by atoms with Crippen molar-refractivity contribution >= 4 is 50.2 Å². The van der Waals surface area contributed by atoms with Crippen LogP contribution in [0.4, 0.5) is 5.82 Å². The summed E-state index contributed by atoms with van der Waals surface area (Å²) in [6.45, 7) is 9.03. The van der Waals surface area contributed by atoms with Crippen molar-refractivity contribution in [1.29, 1.82) is 0 Å². The smallest absolute Gasteiger partial charge is 0.248 e. The maximum Gasteiger partial charge on any atom is 0.248 e. The van der Waals surface area contributed by atoms with Gasteiger partial charge in [0, 0.05) is 54.0 Å². The van der Waals surface area contributed by atoms with Crippen molar-refractivity contribution in [3.05, 3.63) is 76.3 Å². The highest BCUT2D eigenvalue weighted by molar-refractivity contribution is 9.10. The highest BCUT2D eigenvalue weighted by atomic mass is 79.9. The number of nitrogens with one attached hydrogen (secondary N) is 1. The van der Waals surface area contributed by atoms with Crippen LogP contribution in [0.3, 0.4) is 0 Å². The number of pyridine rings is 1. The second kappa shape index (κ2) is 11.4. The number of carbonyl (C=O) groups is 3. The van der Waals surface area contributed by atoms with Crippen molar-refractivity contribution in [2.75, 3.05) is 5.32 Å². The SMILES string of the molecule is CC(=O)c1nn(CC(=O)N2[C@H](C(=O)Nc3nc(Br)ccc3C)C[C@@]3(c4cn(C(C)C)nn4)C[C@@H]23)c2ccc(-c3cnc(C)nc3)cc12. The van der Waals surface area contributed by atoms with Gasteiger partial charge >= 0.3 is 0 Å². The van der Waals surface area contributed by atoms with E-state index in [1.54, 1.807) is 32.7 Å². The van der Waals surface area contributed by atoms with Gasteiger partial charge in [-0.15, -0.1) is 5.10 Å². The highest BCUT2D eigenvalue weighted by Crippen LogP contribution is 2.60. The monoisotopic (exact) mass is 696 g/mol. The number of hydrogen-bond acceptors (Lipinski definition) is 9. The van der Waals surface area contributed by atoms with Crippen LogP contribution in [-0.2, 0) is 21.5 Å². The van der Waals surface area contributed by atoms with Crippen LogP contribution in [0.15, 0.2) is 53.5 Å². The van der Waals surface area contributed by atoms with Gasteiger partial charge in [-0.1, -0.05) is 17.3 Å². The molecule has 0 spiro atoms. The van der Waals surface area contributed by atoms with Crippen molar-refractivity contribution in [3.63, 3.8) is 0 Å². The van der Waals surface area contributed by atoms with Crippen LogP contribution in [0.25, 0.3) is 22.0 Å². The number of fused-ring (bicyclic) bond motifs is 2. The summed E-state index contributed by atoms with van der Waals surface area (Å²) < 4.78 is 3.94. The molecule has 1 aliphatic heterocycles. The molecule has 47 heavy (non-hydrogen) atoms. The number of benzene rings is 1. The largest absolute Gasteiger partial charge is 0.325 e. The van der Waals surface area contributed by atoms with Crippen molar-refractivity contribution in [2.45, 2.75) is 77.5 Å². The van der Waals surface area contributed by atoms with E-state index in [1.165, 1.54) is 6.92 Å². The van der Waals surface area contributed by atoms with Crippen molar-refractivity contribution in [2.24, 2.45) is 0 Å². The van der Waals surface area contributed by atoms with E-state index in [2.05, 4.69) is 51.6 Å². The molecule has 0 bridgehead atoms. The van der Waals surface area contributed by atoms with Gasteiger partial charge in [0.1, 0.15) is 34.5 Å². The molecule has 1 aromatic carbocycles. The van der Waals surface area contributed by atoms with E-state index >= 15 is 0 Å². The molecule has 2 aliphatic rings. The summed E-state index contributed by atoms with van der Waals surface area (Å²) >= 11 is 3.38. The van der Waals surface area contributed by atoms with Crippen LogP contribution in [0.5, 0.6) is 0 Å². The second-order valence-corrected chi connectivity index (χ2v) is 13.5. The Hall–Kier alpha value is -4.85. The molecule has 13 nitrogen and oxygen atoms in total. The number of nitrogens with zero attached hydrogens (tertiary/aromatic N) is 9. The number of piperidine rings is 1. The van der Waals surface area contributed by atoms with Gasteiger partial charge in [0.15, 0.2) is 5.78 Å². The molecule has 3 atom stereocenters. The second-order valence-electron chi connectivity index (χ2n) is 12.7. The third-order valence-corrected chi connectivity index (χ3v) is 9.63. The predicted octanol–water partition coefficient (Wildman–Crippen LogP) is 4.59. The van der Waals surface area contributed by atoms with E-state index in [-0.39, 0.29) is 41.9 Å². The summed E-state index contributed by atoms with van der Waals surface area (Å²) in [6.07, 6.45) is 6.46. The van der Waals surface area contributed by atoms with E-state index in [0.29, 0.717) is 40.0 Å². The molecule has 1 aliphatic carbocycles. The first-order valence-electron chi connectivity index (χ1n) is 15.4. The minimum atomic E-state index is -0.770. The van der Waals surface area contributed by atoms with Crippen LogP contribution >= 0.6 is 15.9 Å². The van der Waals surface area contributed by atoms with E-state index in [4.69, 9.17) is 0 Å². The zero-order valence-electron chi connectivity index (χ0n) is 26.6. The van der Waals surface area contributed by atoms with Crippen molar-refractivity contribution < 1.29 is 14.4 Å². The fraction of sp³-hybridized carbons (Fsp3) is 0.364. The molecule has 240 valence electrons. The van der Waals surface area contributed by atoms with Crippen LogP contribution in [-0.4, -0.2) is 74.3 Å². The lowest BCUT2D eigenvalue weighted by atomic mass is 9.96. The first kappa shape index (κ1) is 30.8. The van der Waals surface area contributed by atoms with Gasteiger partial charge in [0.2, 0.25) is 11.8 Å². The Morgan fingerprint density at radius 3 is 2.53 bits per heavy atom. The lowest BCUT2D eigenvalue weighted by Crippen LogP contribution is -2.47. The first-order valence-corrected chi connectivity index (χ1v) is 16.2. The van der Waals surface area contributed by atoms with Crippen LogP contribution < -0.4 is 5.32 Å². The number of carbonyl (C=O) groups excluding carboxylic acids is 3. The topological polar surface area (TPSA) is 154 Å². The Morgan fingerprint density at radius 1 is 1.06 bits per heavy atom. The molecular weight excluding hydrogens is 664 g/mol. The fourth-order valence-electron chi connectivity index (χ4n) is 6.56. The minimum absolute atomic E-state index is 0.122. The third kappa shape index (κ3) is 5.39. The summed E-state index contributed by atoms with van der Waals surface area (Å²) in [5.41, 5.74) is 3.63. The Balaban J connectivity index is 1.22. The molecule has 4 aromatic heterocycles. The molecule has 1 saturated heterocycles. The molecule has 1 N–H and O–H groups in total. The number of rotatable bonds is 8. The lowest BCUT2D eigenvalue weighted by Gasteiger charge is -2.27. The Morgan fingerprint density at radius 2 is 1.83 bits per heavy atom. The summed E-state index contributed by atoms with van der Waals surface area (Å²) in [4.78, 5) is 55.6. The van der Waals surface area contributed by atoms with E-state index in [9.17, 15) is 14.4 Å². The Bertz CT molecular complexity index is 2070. The van der Waals surface area contributed by atoms with Gasteiger partial charge in [-0.3, -0.25) is 19.1 Å². The zero-order valence-corrected chi connectivity index (χ0v) is 28.2. The molecule has 2 fully saturated rings. The number of hydrogen-bond donors (Lipinski definition) is 1. The van der Waals surface area contributed by atoms with Crippen LogP contribution in [0, 0.1) is 13.8 Å². The van der Waals surface area contributed by atoms with E-state index < -0.39 is 11.5 Å². The van der Waals surface area contributed by atoms with Crippen molar-refractivity contribution in [1.82, 2.24) is 44.6 Å². The standard InChI is InChI=1S/C33H33BrN10O3/c1-17(2)42-15-26(39-41-42)33-11-25(32(47)38-31-18(3)6-9-28(34)37-31)44(27(33)12-33)29(46)16-43-24-8-7-21(22-13-35-20(5)36-14-22)10-23(24)30(40-43)19(4)45/h6-10,13-15,17,25,27H,11-12,16H2,1-5H3,(H,37,38,47)/t25-,27+,33-/m0/s1. The van der Waals surface area contributed by atoms with Crippen LogP contribution in [0.2, 0.25) is 0 Å². The number of aromatic nitrogens is 8. The van der Waals surface area contributed by atoms with Gasteiger partial charge in [-0.25, -0.2) is 19.6 Å². The van der Waals surface area contributed by atoms with Crippen molar-refractivity contribution in [3.8, 4) is 11.1 Å². The lowest BCUT2D eigenvalue weighted by molar-refractivity contribution is -0.138. The normalized spacial score (nSPS) is 20.1. The van der Waals surface area contributed by atoms with Gasteiger partial charge < -0.3 is 10.2 Å². The molecule has 7 rings (SSSR count). The zero-order chi connectivity index (χ0) is 33.2. The number of aryl methyl sites for hydroxylation is 2. The molecule has 2 amide bonds. The number of likely N-dealkylation sites (tertiary alicyclic amines) is 1. The molecule has 1 saturated carbocycles. The first-order chi connectivity index (χ1) is 22.4. The summed E-state index contributed by atoms with van der Waals surface area (Å²) in [7, 11) is 0. The predicted molar refractivity (Wildman–Crippen MR) is 177 cm³/mol. The fourth-order valence-corrected chi connectivity index (χ4v) is 6.87. The van der Waals surface area contributed by atoms with Gasteiger partial charge in [0.25, 0.3) is 0 Å².